The fourth-order valence-electron chi connectivity index (χ4n) is 1.45. The second kappa shape index (κ2) is 4.20. The van der Waals surface area contributed by atoms with Crippen LogP contribution in [0, 0.1) is 0 Å². The van der Waals surface area contributed by atoms with Gasteiger partial charge in [-0.3, -0.25) is 4.40 Å². The number of hydrogen-bond donors (Lipinski definition) is 1. The number of pyridine rings is 1. The van der Waals surface area contributed by atoms with Crippen LogP contribution in [0.25, 0.3) is 5.65 Å². The number of hydrogen-bond acceptors (Lipinski definition) is 3. The second-order valence-corrected chi connectivity index (χ2v) is 3.93. The Labute approximate surface area is 96.4 Å². The van der Waals surface area contributed by atoms with E-state index in [4.69, 9.17) is 4.74 Å². The number of nitrogens with one attached hydrogen (secondary N) is 1. The summed E-state index contributed by atoms with van der Waals surface area (Å²) in [6.07, 6.45) is 1.91. The van der Waals surface area contributed by atoms with Crippen molar-refractivity contribution in [1.82, 2.24) is 14.7 Å². The standard InChI is InChI=1S/C10H12BrN3O/c1-12-5-8-10(11)14-6-7(15-2)3-4-9(14)13-8/h3-4,6,12H,5H2,1-2H3. The topological polar surface area (TPSA) is 38.6 Å². The van der Waals surface area contributed by atoms with Crippen molar-refractivity contribution in [1.29, 1.82) is 0 Å². The third-order valence-electron chi connectivity index (χ3n) is 2.18. The van der Waals surface area contributed by atoms with Gasteiger partial charge in [-0.05, 0) is 35.1 Å². The summed E-state index contributed by atoms with van der Waals surface area (Å²) in [6, 6.07) is 3.83. The van der Waals surface area contributed by atoms with Crippen LogP contribution in [0.3, 0.4) is 0 Å². The molecule has 0 aliphatic heterocycles. The summed E-state index contributed by atoms with van der Waals surface area (Å²) >= 11 is 3.52. The number of rotatable bonds is 3. The minimum Gasteiger partial charge on any atom is -0.495 e. The fourth-order valence-corrected chi connectivity index (χ4v) is 1.96. The largest absolute Gasteiger partial charge is 0.495 e. The van der Waals surface area contributed by atoms with Crippen LogP contribution in [0.1, 0.15) is 5.69 Å². The molecule has 0 bridgehead atoms. The first-order valence-corrected chi connectivity index (χ1v) is 5.40. The highest BCUT2D eigenvalue weighted by molar-refractivity contribution is 9.10. The normalized spacial score (nSPS) is 10.9. The van der Waals surface area contributed by atoms with E-state index in [1.807, 2.05) is 29.8 Å². The summed E-state index contributed by atoms with van der Waals surface area (Å²) in [5, 5.41) is 3.08. The van der Waals surface area contributed by atoms with Gasteiger partial charge in [0.2, 0.25) is 0 Å². The van der Waals surface area contributed by atoms with Gasteiger partial charge in [-0.15, -0.1) is 0 Å². The average molecular weight is 270 g/mol. The Hall–Kier alpha value is -1.07. The number of imidazole rings is 1. The monoisotopic (exact) mass is 269 g/mol. The van der Waals surface area contributed by atoms with E-state index in [0.29, 0.717) is 0 Å². The molecule has 5 heteroatoms. The second-order valence-electron chi connectivity index (χ2n) is 3.18. The smallest absolute Gasteiger partial charge is 0.138 e. The van der Waals surface area contributed by atoms with Gasteiger partial charge in [-0.1, -0.05) is 0 Å². The maximum absolute atomic E-state index is 5.16. The molecule has 0 fully saturated rings. The van der Waals surface area contributed by atoms with Gasteiger partial charge in [0.25, 0.3) is 0 Å². The quantitative estimate of drug-likeness (QED) is 0.924. The number of aromatic nitrogens is 2. The molecule has 0 spiro atoms. The molecular weight excluding hydrogens is 258 g/mol. The Bertz CT molecular complexity index is 481. The number of halogens is 1. The minimum absolute atomic E-state index is 0.741. The Balaban J connectivity index is 2.56. The van der Waals surface area contributed by atoms with Crippen molar-refractivity contribution in [2.75, 3.05) is 14.2 Å². The number of methoxy groups -OCH3 is 1. The highest BCUT2D eigenvalue weighted by Crippen LogP contribution is 2.21. The molecule has 0 unspecified atom stereocenters. The summed E-state index contributed by atoms with van der Waals surface area (Å²) in [7, 11) is 3.55. The first-order valence-electron chi connectivity index (χ1n) is 4.61. The van der Waals surface area contributed by atoms with Gasteiger partial charge in [0, 0.05) is 6.54 Å². The molecular formula is C10H12BrN3O. The van der Waals surface area contributed by atoms with Crippen LogP contribution < -0.4 is 10.1 Å². The third-order valence-corrected chi connectivity index (χ3v) is 3.02. The molecule has 4 nitrogen and oxygen atoms in total. The Morgan fingerprint density at radius 2 is 2.33 bits per heavy atom. The molecule has 0 saturated carbocycles. The zero-order chi connectivity index (χ0) is 10.8. The first-order chi connectivity index (χ1) is 7.26. The van der Waals surface area contributed by atoms with E-state index >= 15 is 0 Å². The summed E-state index contributed by atoms with van der Waals surface area (Å²) in [5.41, 5.74) is 1.90. The van der Waals surface area contributed by atoms with E-state index in [9.17, 15) is 0 Å². The van der Waals surface area contributed by atoms with Crippen LogP contribution >= 0.6 is 15.9 Å². The van der Waals surface area contributed by atoms with Gasteiger partial charge in [-0.2, -0.15) is 0 Å². The van der Waals surface area contributed by atoms with Crippen LogP contribution in [0.5, 0.6) is 5.75 Å². The lowest BCUT2D eigenvalue weighted by Crippen LogP contribution is -2.05. The zero-order valence-corrected chi connectivity index (χ0v) is 10.2. The molecule has 2 rings (SSSR count). The SMILES string of the molecule is CNCc1nc2ccc(OC)cn2c1Br. The summed E-state index contributed by atoms with van der Waals surface area (Å²) in [6.45, 7) is 0.741. The third kappa shape index (κ3) is 1.85. The van der Waals surface area contributed by atoms with Gasteiger partial charge in [-0.25, -0.2) is 4.98 Å². The molecule has 1 N–H and O–H groups in total. The molecule has 0 radical (unpaired) electrons. The molecule has 0 saturated heterocycles. The van der Waals surface area contributed by atoms with E-state index in [1.165, 1.54) is 0 Å². The molecule has 0 amide bonds. The van der Waals surface area contributed by atoms with Gasteiger partial charge in [0.1, 0.15) is 16.0 Å². The van der Waals surface area contributed by atoms with Gasteiger partial charge < -0.3 is 10.1 Å². The predicted octanol–water partition coefficient (Wildman–Crippen LogP) is 1.82. The maximum Gasteiger partial charge on any atom is 0.138 e. The molecule has 2 aromatic rings. The predicted molar refractivity (Wildman–Crippen MR) is 62.2 cm³/mol. The van der Waals surface area contributed by atoms with Crippen LogP contribution in [-0.4, -0.2) is 23.5 Å². The maximum atomic E-state index is 5.16. The Kier molecular flexibility index (Phi) is 2.93. The summed E-state index contributed by atoms with van der Waals surface area (Å²) < 4.78 is 8.09. The number of fused-ring (bicyclic) bond motifs is 1. The van der Waals surface area contributed by atoms with Crippen molar-refractivity contribution < 1.29 is 4.74 Å². The number of ether oxygens (including phenoxy) is 1. The fraction of sp³-hybridized carbons (Fsp3) is 0.300. The van der Waals surface area contributed by atoms with E-state index in [-0.39, 0.29) is 0 Å². The highest BCUT2D eigenvalue weighted by Gasteiger charge is 2.08. The van der Waals surface area contributed by atoms with Crippen molar-refractivity contribution in [2.24, 2.45) is 0 Å². The van der Waals surface area contributed by atoms with Crippen LogP contribution in [0.4, 0.5) is 0 Å². The van der Waals surface area contributed by atoms with E-state index in [2.05, 4.69) is 26.2 Å². The lowest BCUT2D eigenvalue weighted by molar-refractivity contribution is 0.412. The van der Waals surface area contributed by atoms with Gasteiger partial charge in [0.15, 0.2) is 0 Å². The van der Waals surface area contributed by atoms with Crippen molar-refractivity contribution in [3.8, 4) is 5.75 Å². The van der Waals surface area contributed by atoms with Crippen molar-refractivity contribution in [3.63, 3.8) is 0 Å². The Morgan fingerprint density at radius 3 is 3.00 bits per heavy atom. The lowest BCUT2D eigenvalue weighted by Gasteiger charge is -2.00. The van der Waals surface area contributed by atoms with Crippen LogP contribution in [0.15, 0.2) is 22.9 Å². The van der Waals surface area contributed by atoms with E-state index in [0.717, 1.165) is 28.2 Å². The molecule has 2 heterocycles. The highest BCUT2D eigenvalue weighted by atomic mass is 79.9. The summed E-state index contributed by atoms with van der Waals surface area (Å²) in [5.74, 6) is 0.816. The molecule has 80 valence electrons. The molecule has 2 aromatic heterocycles. The van der Waals surface area contributed by atoms with Crippen molar-refractivity contribution in [2.45, 2.75) is 6.54 Å². The van der Waals surface area contributed by atoms with E-state index < -0.39 is 0 Å². The summed E-state index contributed by atoms with van der Waals surface area (Å²) in [4.78, 5) is 4.48. The molecule has 15 heavy (non-hydrogen) atoms. The van der Waals surface area contributed by atoms with Crippen LogP contribution in [0.2, 0.25) is 0 Å². The minimum atomic E-state index is 0.741. The Morgan fingerprint density at radius 1 is 1.53 bits per heavy atom. The van der Waals surface area contributed by atoms with Crippen LogP contribution in [-0.2, 0) is 6.54 Å². The van der Waals surface area contributed by atoms with Gasteiger partial charge >= 0.3 is 0 Å². The van der Waals surface area contributed by atoms with Crippen molar-refractivity contribution in [3.05, 3.63) is 28.6 Å². The average Bonchev–Trinajstić information content (AvgIpc) is 2.56. The molecule has 0 aromatic carbocycles. The van der Waals surface area contributed by atoms with Crippen molar-refractivity contribution >= 4 is 21.6 Å². The van der Waals surface area contributed by atoms with Gasteiger partial charge in [0.05, 0.1) is 19.0 Å². The van der Waals surface area contributed by atoms with E-state index in [1.54, 1.807) is 7.11 Å². The zero-order valence-electron chi connectivity index (χ0n) is 8.62. The molecule has 0 atom stereocenters. The number of nitrogens with zero attached hydrogens (tertiary/aromatic N) is 2. The molecule has 0 aliphatic rings. The first kappa shape index (κ1) is 10.4. The molecule has 0 aliphatic carbocycles. The lowest BCUT2D eigenvalue weighted by atomic mass is 10.4.